The number of piperidine rings is 1. The fraction of sp³-hybridized carbons (Fsp3) is 0.562. The van der Waals surface area contributed by atoms with Gasteiger partial charge in [-0.3, -0.25) is 4.79 Å². The molecule has 0 aromatic heterocycles. The molecule has 0 radical (unpaired) electrons. The van der Waals surface area contributed by atoms with Crippen LogP contribution in [0.1, 0.15) is 28.8 Å². The number of ether oxygens (including phenoxy) is 2. The summed E-state index contributed by atoms with van der Waals surface area (Å²) in [5, 5.41) is 0. The zero-order valence-electron chi connectivity index (χ0n) is 13.0. The van der Waals surface area contributed by atoms with Crippen molar-refractivity contribution in [1.29, 1.82) is 0 Å². The molecule has 2 atom stereocenters. The Morgan fingerprint density at radius 2 is 2.19 bits per heavy atom. The summed E-state index contributed by atoms with van der Waals surface area (Å²) in [5.74, 6) is 0.593. The predicted molar refractivity (Wildman–Crippen MR) is 81.6 cm³/mol. The summed E-state index contributed by atoms with van der Waals surface area (Å²) < 4.78 is 10.7. The van der Waals surface area contributed by atoms with Crippen LogP contribution in [0.3, 0.4) is 0 Å². The van der Waals surface area contributed by atoms with E-state index in [2.05, 4.69) is 0 Å². The van der Waals surface area contributed by atoms with E-state index in [0.717, 1.165) is 18.4 Å². The van der Waals surface area contributed by atoms with E-state index in [4.69, 9.17) is 15.2 Å². The zero-order valence-corrected chi connectivity index (χ0v) is 13.0. The van der Waals surface area contributed by atoms with Gasteiger partial charge in [-0.1, -0.05) is 11.6 Å². The molecule has 1 aliphatic heterocycles. The number of aryl methyl sites for hydroxylation is 1. The second kappa shape index (κ2) is 6.91. The highest BCUT2D eigenvalue weighted by Gasteiger charge is 2.32. The molecular weight excluding hydrogens is 268 g/mol. The molecule has 0 saturated carbocycles. The highest BCUT2D eigenvalue weighted by Crippen LogP contribution is 2.26. The molecular formula is C16H24N2O3. The van der Waals surface area contributed by atoms with E-state index in [1.54, 1.807) is 14.2 Å². The Kier molecular flexibility index (Phi) is 5.20. The van der Waals surface area contributed by atoms with Gasteiger partial charge >= 0.3 is 0 Å². The maximum Gasteiger partial charge on any atom is 0.257 e. The zero-order chi connectivity index (χ0) is 15.4. The maximum absolute atomic E-state index is 12.8. The third-order valence-electron chi connectivity index (χ3n) is 4.12. The van der Waals surface area contributed by atoms with Crippen molar-refractivity contribution in [3.63, 3.8) is 0 Å². The molecule has 1 aliphatic rings. The first kappa shape index (κ1) is 15.8. The normalized spacial score (nSPS) is 22.2. The lowest BCUT2D eigenvalue weighted by Gasteiger charge is -2.38. The van der Waals surface area contributed by atoms with Crippen molar-refractivity contribution < 1.29 is 14.3 Å². The Morgan fingerprint density at radius 1 is 1.43 bits per heavy atom. The molecule has 2 N–H and O–H groups in total. The number of amides is 1. The Bertz CT molecular complexity index is 504. The highest BCUT2D eigenvalue weighted by molar-refractivity contribution is 5.97. The molecule has 1 fully saturated rings. The Morgan fingerprint density at radius 3 is 2.81 bits per heavy atom. The number of hydrogen-bond acceptors (Lipinski definition) is 4. The molecule has 0 aliphatic carbocycles. The van der Waals surface area contributed by atoms with Crippen LogP contribution in [0.4, 0.5) is 0 Å². The van der Waals surface area contributed by atoms with E-state index in [1.165, 1.54) is 0 Å². The van der Waals surface area contributed by atoms with Crippen LogP contribution in [0.15, 0.2) is 18.2 Å². The molecule has 5 nitrogen and oxygen atoms in total. The summed E-state index contributed by atoms with van der Waals surface area (Å²) in [6, 6.07) is 5.66. The summed E-state index contributed by atoms with van der Waals surface area (Å²) in [5.41, 5.74) is 7.49. The third-order valence-corrected chi connectivity index (χ3v) is 4.12. The molecule has 2 rings (SSSR count). The molecule has 0 spiro atoms. The quantitative estimate of drug-likeness (QED) is 0.915. The van der Waals surface area contributed by atoms with Crippen LogP contribution in [0.5, 0.6) is 5.75 Å². The maximum atomic E-state index is 12.8. The summed E-state index contributed by atoms with van der Waals surface area (Å²) in [6.45, 7) is 3.07. The standard InChI is InChI=1S/C16H24N2O3/c1-11-4-5-15(21-3)14(8-11)16(19)18-7-6-13(20-2)9-12(18)10-17/h4-5,8,12-13H,6-7,9-10,17H2,1-3H3. The van der Waals surface area contributed by atoms with Crippen LogP contribution >= 0.6 is 0 Å². The second-order valence-corrected chi connectivity index (χ2v) is 5.47. The van der Waals surface area contributed by atoms with Crippen molar-refractivity contribution in [2.24, 2.45) is 5.73 Å². The lowest BCUT2D eigenvalue weighted by atomic mass is 9.97. The van der Waals surface area contributed by atoms with E-state index in [9.17, 15) is 4.79 Å². The lowest BCUT2D eigenvalue weighted by molar-refractivity contribution is 0.0137. The van der Waals surface area contributed by atoms with Crippen molar-refractivity contribution in [2.45, 2.75) is 31.9 Å². The van der Waals surface area contributed by atoms with E-state index in [1.807, 2.05) is 30.0 Å². The third kappa shape index (κ3) is 3.36. The van der Waals surface area contributed by atoms with Crippen LogP contribution in [0.25, 0.3) is 0 Å². The number of rotatable bonds is 4. The molecule has 1 heterocycles. The van der Waals surface area contributed by atoms with Gasteiger partial charge in [-0.05, 0) is 31.9 Å². The first-order valence-corrected chi connectivity index (χ1v) is 7.29. The summed E-state index contributed by atoms with van der Waals surface area (Å²) in [6.07, 6.45) is 1.81. The number of benzene rings is 1. The molecule has 1 saturated heterocycles. The first-order chi connectivity index (χ1) is 10.1. The van der Waals surface area contributed by atoms with Crippen molar-refractivity contribution in [2.75, 3.05) is 27.3 Å². The van der Waals surface area contributed by atoms with E-state index in [-0.39, 0.29) is 18.1 Å². The number of nitrogens with two attached hydrogens (primary N) is 1. The van der Waals surface area contributed by atoms with Crippen LogP contribution in [-0.2, 0) is 4.74 Å². The lowest BCUT2D eigenvalue weighted by Crippen LogP contribution is -2.51. The minimum atomic E-state index is -0.0134. The first-order valence-electron chi connectivity index (χ1n) is 7.29. The molecule has 1 aromatic carbocycles. The Hall–Kier alpha value is -1.59. The fourth-order valence-corrected chi connectivity index (χ4v) is 2.86. The average Bonchev–Trinajstić information content (AvgIpc) is 2.53. The number of nitrogens with zero attached hydrogens (tertiary/aromatic N) is 1. The van der Waals surface area contributed by atoms with Gasteiger partial charge in [0.15, 0.2) is 0 Å². The number of hydrogen-bond donors (Lipinski definition) is 1. The fourth-order valence-electron chi connectivity index (χ4n) is 2.86. The molecule has 2 unspecified atom stereocenters. The summed E-state index contributed by atoms with van der Waals surface area (Å²) >= 11 is 0. The van der Waals surface area contributed by atoms with Gasteiger partial charge < -0.3 is 20.1 Å². The van der Waals surface area contributed by atoms with Gasteiger partial charge in [0, 0.05) is 26.2 Å². The predicted octanol–water partition coefficient (Wildman–Crippen LogP) is 1.58. The average molecular weight is 292 g/mol. The van der Waals surface area contributed by atoms with E-state index < -0.39 is 0 Å². The topological polar surface area (TPSA) is 64.8 Å². The van der Waals surface area contributed by atoms with Gasteiger partial charge in [0.05, 0.1) is 18.8 Å². The number of methoxy groups -OCH3 is 2. The number of likely N-dealkylation sites (tertiary alicyclic amines) is 1. The SMILES string of the molecule is COc1ccc(C)cc1C(=O)N1CCC(OC)CC1CN. The minimum absolute atomic E-state index is 0.0134. The van der Waals surface area contributed by atoms with E-state index >= 15 is 0 Å². The molecule has 0 bridgehead atoms. The monoisotopic (exact) mass is 292 g/mol. The highest BCUT2D eigenvalue weighted by atomic mass is 16.5. The molecule has 1 aromatic rings. The smallest absolute Gasteiger partial charge is 0.257 e. The van der Waals surface area contributed by atoms with E-state index in [0.29, 0.717) is 24.4 Å². The summed E-state index contributed by atoms with van der Waals surface area (Å²) in [4.78, 5) is 14.7. The number of carbonyl (C=O) groups excluding carboxylic acids is 1. The molecule has 5 heteroatoms. The van der Waals surface area contributed by atoms with Gasteiger partial charge in [-0.2, -0.15) is 0 Å². The van der Waals surface area contributed by atoms with Gasteiger partial charge in [-0.25, -0.2) is 0 Å². The largest absolute Gasteiger partial charge is 0.496 e. The molecule has 21 heavy (non-hydrogen) atoms. The van der Waals surface area contributed by atoms with Gasteiger partial charge in [0.25, 0.3) is 5.91 Å². The van der Waals surface area contributed by atoms with Crippen molar-refractivity contribution in [3.8, 4) is 5.75 Å². The minimum Gasteiger partial charge on any atom is -0.496 e. The molecule has 1 amide bonds. The van der Waals surface area contributed by atoms with Crippen LogP contribution < -0.4 is 10.5 Å². The van der Waals surface area contributed by atoms with Crippen LogP contribution in [-0.4, -0.2) is 50.3 Å². The summed E-state index contributed by atoms with van der Waals surface area (Å²) in [7, 11) is 3.29. The molecule has 116 valence electrons. The number of carbonyl (C=O) groups is 1. The Balaban J connectivity index is 2.24. The van der Waals surface area contributed by atoms with Crippen molar-refractivity contribution in [3.05, 3.63) is 29.3 Å². The van der Waals surface area contributed by atoms with Gasteiger partial charge in [0.2, 0.25) is 0 Å². The van der Waals surface area contributed by atoms with Gasteiger partial charge in [0.1, 0.15) is 5.75 Å². The van der Waals surface area contributed by atoms with Crippen LogP contribution in [0, 0.1) is 6.92 Å². The second-order valence-electron chi connectivity index (χ2n) is 5.47. The van der Waals surface area contributed by atoms with Gasteiger partial charge in [-0.15, -0.1) is 0 Å². The van der Waals surface area contributed by atoms with Crippen molar-refractivity contribution in [1.82, 2.24) is 4.90 Å². The Labute approximate surface area is 126 Å². The van der Waals surface area contributed by atoms with Crippen molar-refractivity contribution >= 4 is 5.91 Å². The van der Waals surface area contributed by atoms with Crippen LogP contribution in [0.2, 0.25) is 0 Å².